The first-order valence-corrected chi connectivity index (χ1v) is 9.93. The zero-order chi connectivity index (χ0) is 17.3. The van der Waals surface area contributed by atoms with Crippen LogP contribution in [0.3, 0.4) is 0 Å². The summed E-state index contributed by atoms with van der Waals surface area (Å²) in [4.78, 5) is 13.7. The van der Waals surface area contributed by atoms with Crippen molar-refractivity contribution in [2.45, 2.75) is 31.1 Å². The molecule has 2 heterocycles. The van der Waals surface area contributed by atoms with Gasteiger partial charge in [0.05, 0.1) is 4.90 Å². The van der Waals surface area contributed by atoms with Crippen molar-refractivity contribution in [3.63, 3.8) is 0 Å². The molecule has 6 nitrogen and oxygen atoms in total. The van der Waals surface area contributed by atoms with E-state index in [9.17, 15) is 13.2 Å². The van der Waals surface area contributed by atoms with Gasteiger partial charge >= 0.3 is 0 Å². The van der Waals surface area contributed by atoms with Crippen molar-refractivity contribution < 1.29 is 13.2 Å². The number of nitrogens with one attached hydrogen (secondary N) is 1. The fourth-order valence-corrected chi connectivity index (χ4v) is 5.27. The fraction of sp³-hybridized carbons (Fsp3) is 0.588. The molecule has 0 aliphatic carbocycles. The number of amides is 1. The van der Waals surface area contributed by atoms with E-state index in [1.54, 1.807) is 21.3 Å². The first-order chi connectivity index (χ1) is 11.4. The van der Waals surface area contributed by atoms with Crippen molar-refractivity contribution in [2.24, 2.45) is 5.92 Å². The fourth-order valence-electron chi connectivity index (χ4n) is 3.70. The standard InChI is InChI=1S/C17H25N3O3S/c1-13(21)20-9-7-15-5-6-16(10-17(15)20)24(22,23)19-8-3-4-14(12-19)11-18-2/h5-6,10,14,18H,3-4,7-9,11-12H2,1-2H3. The Balaban J connectivity index is 1.88. The van der Waals surface area contributed by atoms with E-state index >= 15 is 0 Å². The van der Waals surface area contributed by atoms with Crippen LogP contribution in [0.25, 0.3) is 0 Å². The Morgan fingerprint density at radius 1 is 1.33 bits per heavy atom. The van der Waals surface area contributed by atoms with Crippen LogP contribution < -0.4 is 10.2 Å². The minimum absolute atomic E-state index is 0.0460. The van der Waals surface area contributed by atoms with Crippen LogP contribution in [0.2, 0.25) is 0 Å². The normalized spacial score (nSPS) is 21.8. The number of benzene rings is 1. The number of fused-ring (bicyclic) bond motifs is 1. The molecule has 0 spiro atoms. The molecule has 2 aliphatic rings. The number of rotatable bonds is 4. The minimum Gasteiger partial charge on any atom is -0.319 e. The summed E-state index contributed by atoms with van der Waals surface area (Å²) in [6.07, 6.45) is 2.72. The maximum atomic E-state index is 13.0. The lowest BCUT2D eigenvalue weighted by molar-refractivity contribution is -0.116. The highest BCUT2D eigenvalue weighted by atomic mass is 32.2. The Morgan fingerprint density at radius 2 is 2.12 bits per heavy atom. The van der Waals surface area contributed by atoms with Crippen LogP contribution >= 0.6 is 0 Å². The average Bonchev–Trinajstić information content (AvgIpc) is 2.98. The quantitative estimate of drug-likeness (QED) is 0.885. The van der Waals surface area contributed by atoms with Gasteiger partial charge in [0.15, 0.2) is 0 Å². The van der Waals surface area contributed by atoms with Gasteiger partial charge in [0.2, 0.25) is 15.9 Å². The smallest absolute Gasteiger partial charge is 0.243 e. The monoisotopic (exact) mass is 351 g/mol. The molecule has 0 radical (unpaired) electrons. The van der Waals surface area contributed by atoms with Crippen LogP contribution in [0.15, 0.2) is 23.1 Å². The first-order valence-electron chi connectivity index (χ1n) is 8.49. The summed E-state index contributed by atoms with van der Waals surface area (Å²) in [5.74, 6) is 0.303. The van der Waals surface area contributed by atoms with Gasteiger partial charge < -0.3 is 10.2 Å². The van der Waals surface area contributed by atoms with Gasteiger partial charge in [-0.1, -0.05) is 6.07 Å². The molecule has 0 saturated carbocycles. The Bertz CT molecular complexity index is 731. The van der Waals surface area contributed by atoms with Crippen LogP contribution in [-0.4, -0.2) is 51.9 Å². The number of nitrogens with zero attached hydrogens (tertiary/aromatic N) is 2. The third kappa shape index (κ3) is 3.20. The van der Waals surface area contributed by atoms with Crippen molar-refractivity contribution >= 4 is 21.6 Å². The highest BCUT2D eigenvalue weighted by molar-refractivity contribution is 7.89. The Hall–Kier alpha value is -1.44. The van der Waals surface area contributed by atoms with E-state index < -0.39 is 10.0 Å². The summed E-state index contributed by atoms with van der Waals surface area (Å²) < 4.78 is 27.6. The van der Waals surface area contributed by atoms with E-state index in [0.29, 0.717) is 30.4 Å². The zero-order valence-corrected chi connectivity index (χ0v) is 15.1. The number of sulfonamides is 1. The lowest BCUT2D eigenvalue weighted by Gasteiger charge is -2.32. The maximum absolute atomic E-state index is 13.0. The summed E-state index contributed by atoms with van der Waals surface area (Å²) in [7, 11) is -1.62. The molecule has 132 valence electrons. The molecule has 1 atom stereocenters. The topological polar surface area (TPSA) is 69.7 Å². The molecule has 7 heteroatoms. The number of hydrogen-bond acceptors (Lipinski definition) is 4. The molecule has 1 N–H and O–H groups in total. The van der Waals surface area contributed by atoms with Crippen molar-refractivity contribution in [2.75, 3.05) is 38.1 Å². The van der Waals surface area contributed by atoms with Crippen molar-refractivity contribution in [1.29, 1.82) is 0 Å². The molecule has 3 rings (SSSR count). The first kappa shape index (κ1) is 17.4. The third-order valence-corrected chi connectivity index (χ3v) is 6.81. The van der Waals surface area contributed by atoms with Crippen LogP contribution in [0, 0.1) is 5.92 Å². The van der Waals surface area contributed by atoms with Gasteiger partial charge in [-0.2, -0.15) is 4.31 Å². The molecule has 1 amide bonds. The van der Waals surface area contributed by atoms with E-state index in [2.05, 4.69) is 5.32 Å². The lowest BCUT2D eigenvalue weighted by atomic mass is 10.00. The number of carbonyl (C=O) groups excluding carboxylic acids is 1. The highest BCUT2D eigenvalue weighted by Gasteiger charge is 2.32. The number of carbonyl (C=O) groups is 1. The molecule has 1 fully saturated rings. The van der Waals surface area contributed by atoms with Crippen molar-refractivity contribution in [3.8, 4) is 0 Å². The second-order valence-corrected chi connectivity index (χ2v) is 8.58. The van der Waals surface area contributed by atoms with Gasteiger partial charge in [-0.25, -0.2) is 8.42 Å². The molecule has 1 saturated heterocycles. The van der Waals surface area contributed by atoms with Gasteiger partial charge in [0.1, 0.15) is 0 Å². The van der Waals surface area contributed by atoms with E-state index in [-0.39, 0.29) is 5.91 Å². The predicted octanol–water partition coefficient (Wildman–Crippen LogP) is 1.22. The molecular formula is C17H25N3O3S. The van der Waals surface area contributed by atoms with Crippen LogP contribution in [0.5, 0.6) is 0 Å². The SMILES string of the molecule is CNCC1CCCN(S(=O)(=O)c2ccc3c(c2)N(C(C)=O)CC3)C1. The largest absolute Gasteiger partial charge is 0.319 e. The summed E-state index contributed by atoms with van der Waals surface area (Å²) in [6.45, 7) is 4.09. The van der Waals surface area contributed by atoms with E-state index in [4.69, 9.17) is 0 Å². The Labute approximate surface area is 143 Å². The molecule has 1 aromatic carbocycles. The van der Waals surface area contributed by atoms with Gasteiger partial charge in [-0.05, 0) is 56.5 Å². The van der Waals surface area contributed by atoms with Crippen LogP contribution in [0.4, 0.5) is 5.69 Å². The van der Waals surface area contributed by atoms with Gasteiger partial charge in [0.25, 0.3) is 0 Å². The van der Waals surface area contributed by atoms with Gasteiger partial charge in [0, 0.05) is 32.2 Å². The second-order valence-electron chi connectivity index (χ2n) is 6.64. The Kier molecular flexibility index (Phi) is 4.94. The molecule has 24 heavy (non-hydrogen) atoms. The second kappa shape index (κ2) is 6.82. The summed E-state index contributed by atoms with van der Waals surface area (Å²) in [5.41, 5.74) is 1.78. The molecular weight excluding hydrogens is 326 g/mol. The number of piperidine rings is 1. The predicted molar refractivity (Wildman–Crippen MR) is 93.6 cm³/mol. The molecule has 1 unspecified atom stereocenters. The number of anilines is 1. The maximum Gasteiger partial charge on any atom is 0.243 e. The highest BCUT2D eigenvalue weighted by Crippen LogP contribution is 2.32. The minimum atomic E-state index is -3.52. The zero-order valence-electron chi connectivity index (χ0n) is 14.3. The summed E-state index contributed by atoms with van der Waals surface area (Å²) in [6, 6.07) is 5.19. The summed E-state index contributed by atoms with van der Waals surface area (Å²) in [5, 5.41) is 3.14. The van der Waals surface area contributed by atoms with Crippen LogP contribution in [0.1, 0.15) is 25.3 Å². The third-order valence-electron chi connectivity index (χ3n) is 4.94. The van der Waals surface area contributed by atoms with Gasteiger partial charge in [-0.15, -0.1) is 0 Å². The lowest BCUT2D eigenvalue weighted by Crippen LogP contribution is -2.42. The average molecular weight is 351 g/mol. The van der Waals surface area contributed by atoms with E-state index in [1.807, 2.05) is 13.1 Å². The van der Waals surface area contributed by atoms with Crippen LogP contribution in [-0.2, 0) is 21.2 Å². The van der Waals surface area contributed by atoms with Gasteiger partial charge in [-0.3, -0.25) is 4.79 Å². The Morgan fingerprint density at radius 3 is 2.83 bits per heavy atom. The van der Waals surface area contributed by atoms with E-state index in [0.717, 1.165) is 37.1 Å². The molecule has 2 aliphatic heterocycles. The van der Waals surface area contributed by atoms with Crippen molar-refractivity contribution in [1.82, 2.24) is 9.62 Å². The van der Waals surface area contributed by atoms with E-state index in [1.165, 1.54) is 6.92 Å². The number of hydrogen-bond donors (Lipinski definition) is 1. The molecule has 0 bridgehead atoms. The molecule has 0 aromatic heterocycles. The summed E-state index contributed by atoms with van der Waals surface area (Å²) >= 11 is 0. The molecule has 1 aromatic rings. The van der Waals surface area contributed by atoms with Crippen molar-refractivity contribution in [3.05, 3.63) is 23.8 Å².